The van der Waals surface area contributed by atoms with Crippen LogP contribution >= 0.6 is 0 Å². The number of likely N-dealkylation sites (tertiary alicyclic amines) is 1. The zero-order chi connectivity index (χ0) is 16.6. The van der Waals surface area contributed by atoms with Gasteiger partial charge in [-0.2, -0.15) is 0 Å². The molecule has 1 amide bonds. The smallest absolute Gasteiger partial charge is 0.311 e. The molecule has 5 nitrogen and oxygen atoms in total. The maximum Gasteiger partial charge on any atom is 0.311 e. The number of aromatic nitrogens is 1. The van der Waals surface area contributed by atoms with Crippen molar-refractivity contribution in [1.82, 2.24) is 9.47 Å². The van der Waals surface area contributed by atoms with Gasteiger partial charge in [0, 0.05) is 24.8 Å². The summed E-state index contributed by atoms with van der Waals surface area (Å²) >= 11 is 0. The lowest BCUT2D eigenvalue weighted by Gasteiger charge is -2.28. The van der Waals surface area contributed by atoms with Gasteiger partial charge in [0.05, 0.1) is 5.41 Å². The quantitative estimate of drug-likeness (QED) is 0.943. The number of hydrogen-bond acceptors (Lipinski definition) is 2. The number of carboxylic acid groups (broad SMARTS) is 1. The highest BCUT2D eigenvalue weighted by Crippen LogP contribution is 2.38. The van der Waals surface area contributed by atoms with Crippen LogP contribution in [0, 0.1) is 11.3 Å². The molecular formula is C18H22N2O3. The summed E-state index contributed by atoms with van der Waals surface area (Å²) in [6, 6.07) is 9.91. The molecule has 1 aromatic heterocycles. The summed E-state index contributed by atoms with van der Waals surface area (Å²) in [5, 5.41) is 10.7. The summed E-state index contributed by atoms with van der Waals surface area (Å²) in [5.41, 5.74) is 0.211. The molecular weight excluding hydrogens is 292 g/mol. The number of hydrogen-bond donors (Lipinski definition) is 1. The van der Waals surface area contributed by atoms with Gasteiger partial charge >= 0.3 is 5.97 Å². The Balaban J connectivity index is 1.76. The average Bonchev–Trinajstić information content (AvgIpc) is 3.13. The number of para-hydroxylation sites is 1. The average molecular weight is 314 g/mol. The summed E-state index contributed by atoms with van der Waals surface area (Å²) in [5.74, 6) is -0.811. The van der Waals surface area contributed by atoms with E-state index in [0.717, 1.165) is 10.9 Å². The summed E-state index contributed by atoms with van der Waals surface area (Å²) in [6.45, 7) is 4.91. The molecule has 1 aromatic carbocycles. The third kappa shape index (κ3) is 2.60. The van der Waals surface area contributed by atoms with Gasteiger partial charge in [0.2, 0.25) is 5.91 Å². The monoisotopic (exact) mass is 314 g/mol. The van der Waals surface area contributed by atoms with E-state index >= 15 is 0 Å². The Labute approximate surface area is 135 Å². The van der Waals surface area contributed by atoms with E-state index in [9.17, 15) is 14.7 Å². The van der Waals surface area contributed by atoms with Gasteiger partial charge in [-0.3, -0.25) is 9.59 Å². The number of carbonyl (C=O) groups is 2. The maximum absolute atomic E-state index is 12.6. The minimum atomic E-state index is -0.811. The predicted octanol–water partition coefficient (Wildman–Crippen LogP) is 2.60. The number of aliphatic carboxylic acids is 1. The molecule has 1 aliphatic rings. The van der Waals surface area contributed by atoms with Crippen LogP contribution in [0.3, 0.4) is 0 Å². The fraction of sp³-hybridized carbons (Fsp3) is 0.444. The fourth-order valence-corrected chi connectivity index (χ4v) is 3.46. The Bertz CT molecular complexity index is 750. The maximum atomic E-state index is 12.6. The first-order valence-electron chi connectivity index (χ1n) is 7.99. The molecule has 23 heavy (non-hydrogen) atoms. The SMILES string of the molecule is CC(C)C1(C(=O)O)CCN(C(=O)Cn2ccc3ccccc32)C1. The van der Waals surface area contributed by atoms with E-state index in [0.29, 0.717) is 19.5 Å². The molecule has 1 N–H and O–H groups in total. The summed E-state index contributed by atoms with van der Waals surface area (Å²) in [4.78, 5) is 26.0. The van der Waals surface area contributed by atoms with Gasteiger partial charge in [0.25, 0.3) is 0 Å². The lowest BCUT2D eigenvalue weighted by Crippen LogP contribution is -2.41. The van der Waals surface area contributed by atoms with Crippen molar-refractivity contribution in [2.45, 2.75) is 26.8 Å². The molecule has 0 bridgehead atoms. The minimum Gasteiger partial charge on any atom is -0.481 e. The van der Waals surface area contributed by atoms with E-state index in [2.05, 4.69) is 0 Å². The van der Waals surface area contributed by atoms with Crippen molar-refractivity contribution in [2.24, 2.45) is 11.3 Å². The van der Waals surface area contributed by atoms with Crippen LogP contribution < -0.4 is 0 Å². The molecule has 2 heterocycles. The second kappa shape index (κ2) is 5.72. The van der Waals surface area contributed by atoms with Crippen LogP contribution in [0.15, 0.2) is 36.5 Å². The Morgan fingerprint density at radius 2 is 2.00 bits per heavy atom. The zero-order valence-electron chi connectivity index (χ0n) is 13.5. The molecule has 0 spiro atoms. The largest absolute Gasteiger partial charge is 0.481 e. The van der Waals surface area contributed by atoms with Crippen LogP contribution in [0.5, 0.6) is 0 Å². The normalized spacial score (nSPS) is 21.3. The highest BCUT2D eigenvalue weighted by Gasteiger charge is 2.48. The molecule has 0 saturated carbocycles. The highest BCUT2D eigenvalue weighted by molar-refractivity contribution is 5.84. The van der Waals surface area contributed by atoms with Crippen LogP contribution in [-0.2, 0) is 16.1 Å². The van der Waals surface area contributed by atoms with Crippen molar-refractivity contribution in [1.29, 1.82) is 0 Å². The van der Waals surface area contributed by atoms with Crippen molar-refractivity contribution in [2.75, 3.05) is 13.1 Å². The van der Waals surface area contributed by atoms with Crippen LogP contribution in [0.1, 0.15) is 20.3 Å². The van der Waals surface area contributed by atoms with Gasteiger partial charge in [0.15, 0.2) is 0 Å². The van der Waals surface area contributed by atoms with Gasteiger partial charge in [-0.1, -0.05) is 32.0 Å². The fourth-order valence-electron chi connectivity index (χ4n) is 3.46. The molecule has 3 rings (SSSR count). The molecule has 0 aliphatic carbocycles. The van der Waals surface area contributed by atoms with Crippen LogP contribution in [0.2, 0.25) is 0 Å². The van der Waals surface area contributed by atoms with Gasteiger partial charge < -0.3 is 14.6 Å². The van der Waals surface area contributed by atoms with E-state index in [1.165, 1.54) is 0 Å². The number of carboxylic acids is 1. The van der Waals surface area contributed by atoms with E-state index in [1.54, 1.807) is 4.90 Å². The Kier molecular flexibility index (Phi) is 3.88. The number of carbonyl (C=O) groups excluding carboxylic acids is 1. The Morgan fingerprint density at radius 1 is 1.26 bits per heavy atom. The lowest BCUT2D eigenvalue weighted by molar-refractivity contribution is -0.151. The van der Waals surface area contributed by atoms with Crippen molar-refractivity contribution < 1.29 is 14.7 Å². The summed E-state index contributed by atoms with van der Waals surface area (Å²) < 4.78 is 1.92. The van der Waals surface area contributed by atoms with Gasteiger partial charge in [0.1, 0.15) is 6.54 Å². The van der Waals surface area contributed by atoms with E-state index in [-0.39, 0.29) is 18.4 Å². The van der Waals surface area contributed by atoms with Crippen LogP contribution in [0.25, 0.3) is 10.9 Å². The number of fused-ring (bicyclic) bond motifs is 1. The van der Waals surface area contributed by atoms with E-state index < -0.39 is 11.4 Å². The molecule has 1 fully saturated rings. The summed E-state index contributed by atoms with van der Waals surface area (Å²) in [6.07, 6.45) is 2.43. The lowest BCUT2D eigenvalue weighted by atomic mass is 9.76. The minimum absolute atomic E-state index is 0.00482. The zero-order valence-corrected chi connectivity index (χ0v) is 13.5. The topological polar surface area (TPSA) is 62.5 Å². The first kappa shape index (κ1) is 15.6. The van der Waals surface area contributed by atoms with Crippen molar-refractivity contribution in [3.05, 3.63) is 36.5 Å². The molecule has 1 atom stereocenters. The first-order chi connectivity index (χ1) is 10.9. The Hall–Kier alpha value is -2.30. The molecule has 1 unspecified atom stereocenters. The standard InChI is InChI=1S/C18H22N2O3/c1-13(2)18(17(22)23)8-10-20(12-18)16(21)11-19-9-7-14-5-3-4-6-15(14)19/h3-7,9,13H,8,10-12H2,1-2H3,(H,22,23). The van der Waals surface area contributed by atoms with E-state index in [4.69, 9.17) is 0 Å². The van der Waals surface area contributed by atoms with Crippen molar-refractivity contribution in [3.63, 3.8) is 0 Å². The number of benzene rings is 1. The molecule has 1 saturated heterocycles. The number of nitrogens with zero attached hydrogens (tertiary/aromatic N) is 2. The summed E-state index contributed by atoms with van der Waals surface area (Å²) in [7, 11) is 0. The second-order valence-electron chi connectivity index (χ2n) is 6.68. The Morgan fingerprint density at radius 3 is 2.65 bits per heavy atom. The number of amides is 1. The van der Waals surface area contributed by atoms with Crippen LogP contribution in [0.4, 0.5) is 0 Å². The molecule has 0 radical (unpaired) electrons. The third-order valence-electron chi connectivity index (χ3n) is 5.17. The number of rotatable bonds is 4. The second-order valence-corrected chi connectivity index (χ2v) is 6.68. The predicted molar refractivity (Wildman–Crippen MR) is 88.0 cm³/mol. The first-order valence-corrected chi connectivity index (χ1v) is 7.99. The van der Waals surface area contributed by atoms with Gasteiger partial charge in [-0.15, -0.1) is 0 Å². The van der Waals surface area contributed by atoms with Crippen molar-refractivity contribution in [3.8, 4) is 0 Å². The molecule has 122 valence electrons. The van der Waals surface area contributed by atoms with Gasteiger partial charge in [-0.05, 0) is 29.9 Å². The van der Waals surface area contributed by atoms with Crippen molar-refractivity contribution >= 4 is 22.8 Å². The van der Waals surface area contributed by atoms with Gasteiger partial charge in [-0.25, -0.2) is 0 Å². The van der Waals surface area contributed by atoms with Crippen LogP contribution in [-0.4, -0.2) is 39.5 Å². The highest BCUT2D eigenvalue weighted by atomic mass is 16.4. The molecule has 2 aromatic rings. The third-order valence-corrected chi connectivity index (χ3v) is 5.17. The van der Waals surface area contributed by atoms with E-state index in [1.807, 2.05) is 54.9 Å². The molecule has 5 heteroatoms. The molecule has 1 aliphatic heterocycles.